The van der Waals surface area contributed by atoms with Crippen LogP contribution >= 0.6 is 0 Å². The van der Waals surface area contributed by atoms with Crippen molar-refractivity contribution in [3.8, 4) is 5.75 Å². The van der Waals surface area contributed by atoms with E-state index >= 15 is 0 Å². The largest absolute Gasteiger partial charge is 0.497 e. The van der Waals surface area contributed by atoms with E-state index < -0.39 is 35.8 Å². The number of nitrogens with zero attached hydrogens (tertiary/aromatic N) is 3. The van der Waals surface area contributed by atoms with E-state index in [1.807, 2.05) is 13.8 Å². The Kier molecular flexibility index (Phi) is 12.9. The molecule has 0 spiro atoms. The van der Waals surface area contributed by atoms with Crippen molar-refractivity contribution in [2.24, 2.45) is 13.0 Å². The van der Waals surface area contributed by atoms with E-state index in [0.29, 0.717) is 55.9 Å². The number of hydrogen-bond acceptors (Lipinski definition) is 7. The maximum atomic E-state index is 13.8. The van der Waals surface area contributed by atoms with Gasteiger partial charge in [0.25, 0.3) is 11.8 Å². The molecule has 0 saturated heterocycles. The molecular weight excluding hydrogens is 626 g/mol. The predicted molar refractivity (Wildman–Crippen MR) is 184 cm³/mol. The second-order valence-corrected chi connectivity index (χ2v) is 12.4. The van der Waals surface area contributed by atoms with E-state index in [2.05, 4.69) is 26.4 Å². The first kappa shape index (κ1) is 36.6. The fraction of sp³-hybridized carbons (Fsp3) is 0.444. The molecule has 3 aromatic rings. The Labute approximate surface area is 287 Å². The van der Waals surface area contributed by atoms with Gasteiger partial charge in [0.15, 0.2) is 0 Å². The molecule has 3 heterocycles. The van der Waals surface area contributed by atoms with E-state index in [-0.39, 0.29) is 24.2 Å². The van der Waals surface area contributed by atoms with Gasteiger partial charge in [-0.1, -0.05) is 44.5 Å². The Bertz CT molecular complexity index is 1600. The van der Waals surface area contributed by atoms with Crippen LogP contribution in [0.5, 0.6) is 5.75 Å². The summed E-state index contributed by atoms with van der Waals surface area (Å²) < 4.78 is 6.77. The lowest BCUT2D eigenvalue weighted by molar-refractivity contribution is -0.132. The number of ether oxygens (including phenoxy) is 1. The number of carbonyl (C=O) groups is 5. The summed E-state index contributed by atoms with van der Waals surface area (Å²) in [6.45, 7) is 6.42. The van der Waals surface area contributed by atoms with Gasteiger partial charge in [0.1, 0.15) is 29.6 Å². The second kappa shape index (κ2) is 17.3. The normalized spacial score (nSPS) is 20.7. The Hall–Kier alpha value is -5.20. The van der Waals surface area contributed by atoms with Gasteiger partial charge in [0.2, 0.25) is 17.7 Å². The van der Waals surface area contributed by atoms with Gasteiger partial charge in [-0.25, -0.2) is 0 Å². The van der Waals surface area contributed by atoms with Crippen LogP contribution < -0.4 is 26.0 Å². The van der Waals surface area contributed by atoms with Crippen molar-refractivity contribution in [2.75, 3.05) is 20.2 Å². The maximum Gasteiger partial charge on any atom is 0.272 e. The molecule has 2 aliphatic heterocycles. The number of rotatable bonds is 6. The van der Waals surface area contributed by atoms with Gasteiger partial charge in [0, 0.05) is 44.9 Å². The molecule has 4 N–H and O–H groups in total. The van der Waals surface area contributed by atoms with Crippen LogP contribution in [0.25, 0.3) is 0 Å². The molecule has 262 valence electrons. The fourth-order valence-corrected chi connectivity index (χ4v) is 5.55. The zero-order valence-electron chi connectivity index (χ0n) is 28.8. The zero-order valence-corrected chi connectivity index (χ0v) is 28.8. The molecule has 2 bridgehead atoms. The molecule has 49 heavy (non-hydrogen) atoms. The molecule has 13 heteroatoms. The molecule has 2 aliphatic rings. The maximum absolute atomic E-state index is 13.8. The van der Waals surface area contributed by atoms with Crippen molar-refractivity contribution in [1.82, 2.24) is 35.9 Å². The third kappa shape index (κ3) is 9.91. The van der Waals surface area contributed by atoms with Crippen LogP contribution in [0.2, 0.25) is 0 Å². The molecule has 0 aliphatic carbocycles. The number of fused-ring (bicyclic) bond motifs is 18. The van der Waals surface area contributed by atoms with Crippen molar-refractivity contribution >= 4 is 29.5 Å². The van der Waals surface area contributed by atoms with Gasteiger partial charge < -0.3 is 30.9 Å². The predicted octanol–water partition coefficient (Wildman–Crippen LogP) is 2.36. The number of aromatic nitrogens is 2. The van der Waals surface area contributed by atoms with E-state index in [1.165, 1.54) is 4.68 Å². The molecule has 5 amide bonds. The van der Waals surface area contributed by atoms with Gasteiger partial charge in [-0.2, -0.15) is 5.10 Å². The van der Waals surface area contributed by atoms with Crippen molar-refractivity contribution in [3.63, 3.8) is 0 Å². The summed E-state index contributed by atoms with van der Waals surface area (Å²) >= 11 is 0. The lowest BCUT2D eigenvalue weighted by Crippen LogP contribution is -2.58. The van der Waals surface area contributed by atoms with E-state index in [4.69, 9.17) is 4.74 Å². The number of carbonyl (C=O) groups excluding carboxylic acids is 5. The van der Waals surface area contributed by atoms with Gasteiger partial charge in [-0.3, -0.25) is 28.7 Å². The summed E-state index contributed by atoms with van der Waals surface area (Å²) in [5.41, 5.74) is 2.39. The highest BCUT2D eigenvalue weighted by Gasteiger charge is 2.31. The quantitative estimate of drug-likeness (QED) is 0.292. The average Bonchev–Trinajstić information content (AvgIpc) is 3.54. The van der Waals surface area contributed by atoms with Crippen LogP contribution in [0.4, 0.5) is 0 Å². The highest BCUT2D eigenvalue weighted by molar-refractivity contribution is 5.99. The Morgan fingerprint density at radius 2 is 1.65 bits per heavy atom. The van der Waals surface area contributed by atoms with Crippen molar-refractivity contribution in [1.29, 1.82) is 0 Å². The first-order valence-electron chi connectivity index (χ1n) is 16.7. The molecule has 0 saturated carbocycles. The molecule has 2 aromatic carbocycles. The third-order valence-electron chi connectivity index (χ3n) is 8.84. The Morgan fingerprint density at radius 3 is 2.29 bits per heavy atom. The standard InChI is InChI=1S/C36H47N7O6/c1-6-23(2)31-35(47)40-29(21-25-11-15-28(49-5)16-12-25)34(46)39-24(3)32(44)37-18-7-8-20-43(36(48)30-17-19-38-42(30)4)22-26-9-13-27(14-10-26)33(45)41-31/h9-17,19,23-24,29,31H,6-8,18,20-22H2,1-5H3,(H,37,44)(H,39,46)(H,40,47)(H,41,45)/t23-,24+,29-,31?/m0/s1. The average molecular weight is 674 g/mol. The van der Waals surface area contributed by atoms with Gasteiger partial charge >= 0.3 is 0 Å². The first-order valence-corrected chi connectivity index (χ1v) is 16.7. The molecule has 0 fully saturated rings. The number of nitrogens with one attached hydrogen (secondary N) is 4. The minimum atomic E-state index is -1.03. The van der Waals surface area contributed by atoms with Crippen molar-refractivity contribution in [3.05, 3.63) is 83.2 Å². The van der Waals surface area contributed by atoms with E-state index in [1.54, 1.807) is 86.8 Å². The van der Waals surface area contributed by atoms with E-state index in [0.717, 1.165) is 11.1 Å². The summed E-state index contributed by atoms with van der Waals surface area (Å²) in [5.74, 6) is -1.66. The first-order chi connectivity index (χ1) is 23.5. The smallest absolute Gasteiger partial charge is 0.272 e. The highest BCUT2D eigenvalue weighted by Crippen LogP contribution is 2.16. The minimum Gasteiger partial charge on any atom is -0.497 e. The molecule has 0 radical (unpaired) electrons. The summed E-state index contributed by atoms with van der Waals surface area (Å²) in [7, 11) is 3.27. The lowest BCUT2D eigenvalue weighted by atomic mass is 9.96. The number of methoxy groups -OCH3 is 1. The highest BCUT2D eigenvalue weighted by atomic mass is 16.5. The zero-order chi connectivity index (χ0) is 35.5. The second-order valence-electron chi connectivity index (χ2n) is 12.4. The third-order valence-corrected chi connectivity index (χ3v) is 8.84. The minimum absolute atomic E-state index is 0.145. The van der Waals surface area contributed by atoms with Gasteiger partial charge in [-0.15, -0.1) is 0 Å². The van der Waals surface area contributed by atoms with Crippen molar-refractivity contribution < 1.29 is 28.7 Å². The fourth-order valence-electron chi connectivity index (χ4n) is 5.55. The van der Waals surface area contributed by atoms with Crippen LogP contribution in [0, 0.1) is 5.92 Å². The number of aryl methyl sites for hydroxylation is 1. The molecule has 4 atom stereocenters. The summed E-state index contributed by atoms with van der Waals surface area (Å²) in [6.07, 6.45) is 3.50. The molecule has 5 rings (SSSR count). The number of benzene rings is 2. The monoisotopic (exact) mass is 673 g/mol. The Balaban J connectivity index is 1.61. The van der Waals surface area contributed by atoms with Crippen LogP contribution in [0.15, 0.2) is 60.8 Å². The summed E-state index contributed by atoms with van der Waals surface area (Å²) in [6, 6.07) is 12.9. The SMILES string of the molecule is CC[C@H](C)C1NC(=O)c2ccc(cc2)CN(C(=O)c2ccnn2C)CCCCNC(=O)[C@@H](C)NC(=O)[C@H](Cc2ccc(OC)cc2)NC1=O. The van der Waals surface area contributed by atoms with Crippen LogP contribution in [0.1, 0.15) is 72.0 Å². The summed E-state index contributed by atoms with van der Waals surface area (Å²) in [4.78, 5) is 69.0. The number of hydrogen-bond donors (Lipinski definition) is 4. The van der Waals surface area contributed by atoms with Crippen molar-refractivity contribution in [2.45, 2.75) is 71.1 Å². The van der Waals surface area contributed by atoms with Gasteiger partial charge in [-0.05, 0) is 67.1 Å². The summed E-state index contributed by atoms with van der Waals surface area (Å²) in [5, 5.41) is 15.4. The van der Waals surface area contributed by atoms with Crippen LogP contribution in [0.3, 0.4) is 0 Å². The Morgan fingerprint density at radius 1 is 0.939 bits per heavy atom. The lowest BCUT2D eigenvalue weighted by Gasteiger charge is -2.27. The van der Waals surface area contributed by atoms with Crippen LogP contribution in [-0.2, 0) is 34.4 Å². The molecule has 13 nitrogen and oxygen atoms in total. The van der Waals surface area contributed by atoms with E-state index in [9.17, 15) is 24.0 Å². The molecule has 1 unspecified atom stereocenters. The topological polar surface area (TPSA) is 164 Å². The molecular formula is C36H47N7O6. The van der Waals surface area contributed by atoms with Crippen LogP contribution in [-0.4, -0.2) is 82.5 Å². The molecule has 1 aromatic heterocycles. The van der Waals surface area contributed by atoms with Gasteiger partial charge in [0.05, 0.1) is 7.11 Å². The number of amides is 5.